The van der Waals surface area contributed by atoms with Gasteiger partial charge in [0.15, 0.2) is 0 Å². The van der Waals surface area contributed by atoms with Crippen molar-refractivity contribution in [1.82, 2.24) is 10.2 Å². The Labute approximate surface area is 225 Å². The molecule has 11 heteroatoms. The Balaban J connectivity index is 1.54. The van der Waals surface area contributed by atoms with Crippen molar-refractivity contribution in [1.29, 1.82) is 0 Å². The zero-order chi connectivity index (χ0) is 28.4. The van der Waals surface area contributed by atoms with Crippen molar-refractivity contribution in [2.24, 2.45) is 0 Å². The smallest absolute Gasteiger partial charge is 0.416 e. The minimum atomic E-state index is -4.42. The molecule has 39 heavy (non-hydrogen) atoms. The molecule has 0 aliphatic rings. The van der Waals surface area contributed by atoms with Crippen molar-refractivity contribution < 1.29 is 32.2 Å². The van der Waals surface area contributed by atoms with E-state index in [1.807, 2.05) is 0 Å². The van der Waals surface area contributed by atoms with Crippen LogP contribution in [0.25, 0.3) is 0 Å². The van der Waals surface area contributed by atoms with E-state index in [2.05, 4.69) is 34.7 Å². The van der Waals surface area contributed by atoms with Gasteiger partial charge in [0.05, 0.1) is 18.2 Å². The summed E-state index contributed by atoms with van der Waals surface area (Å²) in [5.41, 5.74) is 0.475. The number of urea groups is 1. The van der Waals surface area contributed by atoms with E-state index in [0.717, 1.165) is 31.8 Å². The number of nitrogens with one attached hydrogen (secondary N) is 3. The lowest BCUT2D eigenvalue weighted by atomic mass is 10.1. The molecule has 0 aliphatic heterocycles. The topological polar surface area (TPSA) is 91.9 Å². The number of amides is 3. The van der Waals surface area contributed by atoms with Crippen molar-refractivity contribution >= 4 is 23.3 Å². The maximum Gasteiger partial charge on any atom is 0.416 e. The molecule has 0 heterocycles. The maximum atomic E-state index is 12.7. The van der Waals surface area contributed by atoms with Gasteiger partial charge in [-0.3, -0.25) is 4.79 Å². The largest absolute Gasteiger partial charge is 0.496 e. The molecule has 208 valence electrons. The van der Waals surface area contributed by atoms with Crippen LogP contribution in [0.15, 0.2) is 66.7 Å². The number of methoxy groups -OCH3 is 1. The second-order valence-corrected chi connectivity index (χ2v) is 8.43. The van der Waals surface area contributed by atoms with Gasteiger partial charge < -0.3 is 30.3 Å². The molecule has 0 spiro atoms. The summed E-state index contributed by atoms with van der Waals surface area (Å²) in [6, 6.07) is 14.9. The van der Waals surface area contributed by atoms with Gasteiger partial charge in [-0.1, -0.05) is 13.8 Å². The van der Waals surface area contributed by atoms with E-state index in [1.54, 1.807) is 42.5 Å². The highest BCUT2D eigenvalue weighted by Gasteiger charge is 2.30. The van der Waals surface area contributed by atoms with Gasteiger partial charge in [0.25, 0.3) is 5.91 Å². The molecule has 0 fully saturated rings. The number of ether oxygens (including phenoxy) is 2. The highest BCUT2D eigenvalue weighted by atomic mass is 19.4. The Morgan fingerprint density at radius 2 is 1.41 bits per heavy atom. The summed E-state index contributed by atoms with van der Waals surface area (Å²) in [5.74, 6) is 0.680. The lowest BCUT2D eigenvalue weighted by Crippen LogP contribution is -2.34. The van der Waals surface area contributed by atoms with E-state index < -0.39 is 17.8 Å². The van der Waals surface area contributed by atoms with Gasteiger partial charge in [0.1, 0.15) is 17.2 Å². The summed E-state index contributed by atoms with van der Waals surface area (Å²) in [7, 11) is 1.44. The first-order valence-corrected chi connectivity index (χ1v) is 12.3. The fourth-order valence-electron chi connectivity index (χ4n) is 3.67. The zero-order valence-corrected chi connectivity index (χ0v) is 21.9. The van der Waals surface area contributed by atoms with Crippen molar-refractivity contribution in [2.75, 3.05) is 43.9 Å². The van der Waals surface area contributed by atoms with E-state index in [4.69, 9.17) is 9.47 Å². The molecule has 0 aliphatic carbocycles. The third kappa shape index (κ3) is 8.64. The van der Waals surface area contributed by atoms with Gasteiger partial charge in [0, 0.05) is 30.5 Å². The number of halogens is 3. The summed E-state index contributed by atoms with van der Waals surface area (Å²) < 4.78 is 49.0. The number of likely N-dealkylation sites (N-methyl/N-ethyl adjacent to an activating group) is 1. The number of benzene rings is 3. The number of alkyl halides is 3. The molecular weight excluding hydrogens is 513 g/mol. The summed E-state index contributed by atoms with van der Waals surface area (Å²) in [4.78, 5) is 27.3. The first-order valence-electron chi connectivity index (χ1n) is 12.3. The lowest BCUT2D eigenvalue weighted by molar-refractivity contribution is -0.137. The molecule has 3 N–H and O–H groups in total. The molecule has 0 saturated carbocycles. The molecule has 0 aromatic heterocycles. The molecular formula is C28H31F3N4O4. The van der Waals surface area contributed by atoms with Gasteiger partial charge in [-0.2, -0.15) is 13.2 Å². The summed E-state index contributed by atoms with van der Waals surface area (Å²) in [5, 5.41) is 8.24. The first-order chi connectivity index (χ1) is 18.6. The molecule has 8 nitrogen and oxygen atoms in total. The lowest BCUT2D eigenvalue weighted by Gasteiger charge is -2.18. The van der Waals surface area contributed by atoms with E-state index in [0.29, 0.717) is 35.0 Å². The molecule has 0 saturated heterocycles. The molecule has 3 aromatic rings. The Hall–Kier alpha value is -4.25. The standard InChI is InChI=1S/C28H31F3N4O4/c1-4-35(5-2)17-16-32-26(36)24-15-10-21(18-25(24)38-3)34-27(37)33-20-8-13-23(14-9-20)39-22-11-6-19(7-12-22)28(29,30)31/h6-15,18H,4-5,16-17H2,1-3H3,(H,32,36)(H2,33,34,37). The van der Waals surface area contributed by atoms with Crippen molar-refractivity contribution in [2.45, 2.75) is 20.0 Å². The van der Waals surface area contributed by atoms with Gasteiger partial charge in [-0.15, -0.1) is 0 Å². The maximum absolute atomic E-state index is 12.7. The highest BCUT2D eigenvalue weighted by Crippen LogP contribution is 2.31. The van der Waals surface area contributed by atoms with Crippen LogP contribution in [0.2, 0.25) is 0 Å². The third-order valence-corrected chi connectivity index (χ3v) is 5.84. The Kier molecular flexibility index (Phi) is 10.2. The average molecular weight is 545 g/mol. The minimum absolute atomic E-state index is 0.247. The van der Waals surface area contributed by atoms with Crippen LogP contribution >= 0.6 is 0 Å². The van der Waals surface area contributed by atoms with Crippen LogP contribution in [0.4, 0.5) is 29.3 Å². The molecule has 3 rings (SSSR count). The van der Waals surface area contributed by atoms with Crippen molar-refractivity contribution in [3.05, 3.63) is 77.9 Å². The number of carbonyl (C=O) groups is 2. The monoisotopic (exact) mass is 544 g/mol. The van der Waals surface area contributed by atoms with Gasteiger partial charge >= 0.3 is 12.2 Å². The summed E-state index contributed by atoms with van der Waals surface area (Å²) >= 11 is 0. The second-order valence-electron chi connectivity index (χ2n) is 8.43. The fourth-order valence-corrected chi connectivity index (χ4v) is 3.67. The number of nitrogens with zero attached hydrogens (tertiary/aromatic N) is 1. The number of carbonyl (C=O) groups excluding carboxylic acids is 2. The van der Waals surface area contributed by atoms with Gasteiger partial charge in [0.2, 0.25) is 0 Å². The van der Waals surface area contributed by atoms with Crippen LogP contribution in [0.3, 0.4) is 0 Å². The van der Waals surface area contributed by atoms with Crippen LogP contribution in [0.1, 0.15) is 29.8 Å². The Morgan fingerprint density at radius 3 is 1.97 bits per heavy atom. The predicted octanol–water partition coefficient (Wildman–Crippen LogP) is 6.22. The van der Waals surface area contributed by atoms with Crippen LogP contribution in [0, 0.1) is 0 Å². The zero-order valence-electron chi connectivity index (χ0n) is 21.9. The van der Waals surface area contributed by atoms with E-state index in [9.17, 15) is 22.8 Å². The Morgan fingerprint density at radius 1 is 0.846 bits per heavy atom. The predicted molar refractivity (Wildman–Crippen MR) is 144 cm³/mol. The van der Waals surface area contributed by atoms with E-state index >= 15 is 0 Å². The molecule has 0 bridgehead atoms. The third-order valence-electron chi connectivity index (χ3n) is 5.84. The van der Waals surface area contributed by atoms with Crippen molar-refractivity contribution in [3.8, 4) is 17.2 Å². The molecule has 3 amide bonds. The first kappa shape index (κ1) is 29.3. The van der Waals surface area contributed by atoms with Crippen LogP contribution < -0.4 is 25.4 Å². The Bertz CT molecular complexity index is 1250. The van der Waals surface area contributed by atoms with Gasteiger partial charge in [-0.25, -0.2) is 4.79 Å². The van der Waals surface area contributed by atoms with Crippen LogP contribution in [-0.2, 0) is 6.18 Å². The number of hydrogen-bond acceptors (Lipinski definition) is 5. The van der Waals surface area contributed by atoms with E-state index in [-0.39, 0.29) is 11.7 Å². The number of hydrogen-bond donors (Lipinski definition) is 3. The van der Waals surface area contributed by atoms with Crippen molar-refractivity contribution in [3.63, 3.8) is 0 Å². The average Bonchev–Trinajstić information content (AvgIpc) is 2.91. The minimum Gasteiger partial charge on any atom is -0.496 e. The summed E-state index contributed by atoms with van der Waals surface area (Å²) in [6.07, 6.45) is -4.42. The molecule has 0 atom stereocenters. The second kappa shape index (κ2) is 13.5. The number of anilines is 2. The van der Waals surface area contributed by atoms with E-state index in [1.165, 1.54) is 19.2 Å². The van der Waals surface area contributed by atoms with Crippen LogP contribution in [0.5, 0.6) is 17.2 Å². The molecule has 0 unspecified atom stereocenters. The highest BCUT2D eigenvalue weighted by molar-refractivity contribution is 6.01. The quantitative estimate of drug-likeness (QED) is 0.267. The molecule has 0 radical (unpaired) electrons. The SMILES string of the molecule is CCN(CC)CCNC(=O)c1ccc(NC(=O)Nc2ccc(Oc3ccc(C(F)(F)F)cc3)cc2)cc1OC. The van der Waals surface area contributed by atoms with Crippen LogP contribution in [-0.4, -0.2) is 50.1 Å². The number of rotatable bonds is 11. The van der Waals surface area contributed by atoms with Gasteiger partial charge in [-0.05, 0) is 73.8 Å². The summed E-state index contributed by atoms with van der Waals surface area (Å²) in [6.45, 7) is 7.17. The molecule has 3 aromatic carbocycles. The fraction of sp³-hybridized carbons (Fsp3) is 0.286. The normalized spacial score (nSPS) is 11.2.